The van der Waals surface area contributed by atoms with Crippen LogP contribution < -0.4 is 10.5 Å². The average Bonchev–Trinajstić information content (AvgIpc) is 2.68. The molecule has 0 aromatic heterocycles. The minimum absolute atomic E-state index is 0. The Labute approximate surface area is 161 Å². The van der Waals surface area contributed by atoms with E-state index in [2.05, 4.69) is 11.0 Å². The number of ether oxygens (including phenoxy) is 1. The molecule has 0 unspecified atom stereocenters. The van der Waals surface area contributed by atoms with Gasteiger partial charge in [-0.3, -0.25) is 9.69 Å². The number of rotatable bonds is 5. The standard InChI is InChI=1S/C20H25N3O2.ClH/c1-25-19-5-3-2-4-18(19)15-22-10-12-23(13-11-22)20(24)17-8-6-16(14-21)7-9-17;/h2-9H,10-15,21H2,1H3;1H. The van der Waals surface area contributed by atoms with Crippen LogP contribution in [-0.4, -0.2) is 49.0 Å². The smallest absolute Gasteiger partial charge is 0.253 e. The molecule has 1 aliphatic heterocycles. The van der Waals surface area contributed by atoms with Gasteiger partial charge in [-0.15, -0.1) is 12.4 Å². The Morgan fingerprint density at radius 3 is 2.31 bits per heavy atom. The van der Waals surface area contributed by atoms with Gasteiger partial charge in [0.2, 0.25) is 0 Å². The normalized spacial score (nSPS) is 14.6. The molecular weight excluding hydrogens is 350 g/mol. The number of benzene rings is 2. The fraction of sp³-hybridized carbons (Fsp3) is 0.350. The van der Waals surface area contributed by atoms with E-state index in [1.54, 1.807) is 7.11 Å². The van der Waals surface area contributed by atoms with E-state index in [1.807, 2.05) is 47.4 Å². The van der Waals surface area contributed by atoms with Crippen LogP contribution >= 0.6 is 12.4 Å². The van der Waals surface area contributed by atoms with Gasteiger partial charge in [0.05, 0.1) is 7.11 Å². The highest BCUT2D eigenvalue weighted by atomic mass is 35.5. The average molecular weight is 376 g/mol. The van der Waals surface area contributed by atoms with Crippen LogP contribution in [0.4, 0.5) is 0 Å². The van der Waals surface area contributed by atoms with Crippen LogP contribution in [0.5, 0.6) is 5.75 Å². The Balaban J connectivity index is 0.00000243. The van der Waals surface area contributed by atoms with E-state index in [4.69, 9.17) is 10.5 Å². The van der Waals surface area contributed by atoms with Crippen molar-refractivity contribution in [3.05, 3.63) is 65.2 Å². The minimum atomic E-state index is 0. The van der Waals surface area contributed by atoms with E-state index < -0.39 is 0 Å². The second kappa shape index (κ2) is 9.57. The molecule has 1 amide bonds. The van der Waals surface area contributed by atoms with Gasteiger partial charge in [0.15, 0.2) is 0 Å². The third-order valence-electron chi connectivity index (χ3n) is 4.68. The maximum atomic E-state index is 12.6. The SMILES string of the molecule is COc1ccccc1CN1CCN(C(=O)c2ccc(CN)cc2)CC1.Cl. The van der Waals surface area contributed by atoms with Gasteiger partial charge in [0.25, 0.3) is 5.91 Å². The first kappa shape index (κ1) is 20.2. The lowest BCUT2D eigenvalue weighted by Crippen LogP contribution is -2.48. The predicted octanol–water partition coefficient (Wildman–Crippen LogP) is 2.53. The molecule has 1 heterocycles. The quantitative estimate of drug-likeness (QED) is 0.872. The monoisotopic (exact) mass is 375 g/mol. The minimum Gasteiger partial charge on any atom is -0.496 e. The number of nitrogens with two attached hydrogens (primary N) is 1. The zero-order chi connectivity index (χ0) is 17.6. The van der Waals surface area contributed by atoms with Gasteiger partial charge in [-0.05, 0) is 23.8 Å². The number of para-hydroxylation sites is 1. The first-order chi connectivity index (χ1) is 12.2. The van der Waals surface area contributed by atoms with E-state index in [9.17, 15) is 4.79 Å². The van der Waals surface area contributed by atoms with Gasteiger partial charge in [-0.1, -0.05) is 30.3 Å². The van der Waals surface area contributed by atoms with E-state index in [0.717, 1.165) is 49.6 Å². The summed E-state index contributed by atoms with van der Waals surface area (Å²) in [6, 6.07) is 15.7. The molecule has 0 bridgehead atoms. The number of nitrogens with zero attached hydrogens (tertiary/aromatic N) is 2. The molecule has 0 aliphatic carbocycles. The first-order valence-corrected chi connectivity index (χ1v) is 8.64. The largest absolute Gasteiger partial charge is 0.496 e. The summed E-state index contributed by atoms with van der Waals surface area (Å²) in [7, 11) is 1.70. The molecule has 0 spiro atoms. The van der Waals surface area contributed by atoms with Gasteiger partial charge in [0.1, 0.15) is 5.75 Å². The Bertz CT molecular complexity index is 713. The van der Waals surface area contributed by atoms with Crippen LogP contribution in [0, 0.1) is 0 Å². The molecule has 26 heavy (non-hydrogen) atoms. The molecule has 2 aromatic carbocycles. The highest BCUT2D eigenvalue weighted by Gasteiger charge is 2.22. The number of amides is 1. The highest BCUT2D eigenvalue weighted by Crippen LogP contribution is 2.20. The number of piperazine rings is 1. The zero-order valence-corrected chi connectivity index (χ0v) is 15.9. The van der Waals surface area contributed by atoms with Crippen molar-refractivity contribution in [3.8, 4) is 5.75 Å². The molecule has 2 N–H and O–H groups in total. The first-order valence-electron chi connectivity index (χ1n) is 8.64. The second-order valence-corrected chi connectivity index (χ2v) is 6.28. The molecule has 1 aliphatic rings. The van der Waals surface area contributed by atoms with Gasteiger partial charge in [0, 0.05) is 50.4 Å². The molecule has 0 atom stereocenters. The van der Waals surface area contributed by atoms with Crippen molar-refractivity contribution in [2.24, 2.45) is 5.73 Å². The van der Waals surface area contributed by atoms with Crippen molar-refractivity contribution in [1.29, 1.82) is 0 Å². The molecule has 140 valence electrons. The van der Waals surface area contributed by atoms with Crippen molar-refractivity contribution >= 4 is 18.3 Å². The molecule has 1 saturated heterocycles. The van der Waals surface area contributed by atoms with Gasteiger partial charge < -0.3 is 15.4 Å². The van der Waals surface area contributed by atoms with E-state index in [0.29, 0.717) is 6.54 Å². The Morgan fingerprint density at radius 2 is 1.69 bits per heavy atom. The fourth-order valence-corrected chi connectivity index (χ4v) is 3.15. The van der Waals surface area contributed by atoms with Crippen LogP contribution in [0.3, 0.4) is 0 Å². The zero-order valence-electron chi connectivity index (χ0n) is 15.1. The molecular formula is C20H26ClN3O2. The van der Waals surface area contributed by atoms with Gasteiger partial charge in [-0.2, -0.15) is 0 Å². The van der Waals surface area contributed by atoms with Crippen LogP contribution in [-0.2, 0) is 13.1 Å². The molecule has 0 radical (unpaired) electrons. The Morgan fingerprint density at radius 1 is 1.04 bits per heavy atom. The van der Waals surface area contributed by atoms with Crippen molar-refractivity contribution in [3.63, 3.8) is 0 Å². The maximum Gasteiger partial charge on any atom is 0.253 e. The van der Waals surface area contributed by atoms with E-state index >= 15 is 0 Å². The lowest BCUT2D eigenvalue weighted by atomic mass is 10.1. The predicted molar refractivity (Wildman–Crippen MR) is 106 cm³/mol. The molecule has 3 rings (SSSR count). The number of halogens is 1. The van der Waals surface area contributed by atoms with Crippen LogP contribution in [0.15, 0.2) is 48.5 Å². The molecule has 6 heteroatoms. The summed E-state index contributed by atoms with van der Waals surface area (Å²) >= 11 is 0. The third-order valence-corrected chi connectivity index (χ3v) is 4.68. The molecule has 0 saturated carbocycles. The summed E-state index contributed by atoms with van der Waals surface area (Å²) in [5, 5.41) is 0. The molecule has 1 fully saturated rings. The summed E-state index contributed by atoms with van der Waals surface area (Å²) in [6.07, 6.45) is 0. The van der Waals surface area contributed by atoms with Crippen molar-refractivity contribution in [2.75, 3.05) is 33.3 Å². The molecule has 2 aromatic rings. The fourth-order valence-electron chi connectivity index (χ4n) is 3.15. The molecule has 5 nitrogen and oxygen atoms in total. The summed E-state index contributed by atoms with van der Waals surface area (Å²) < 4.78 is 5.42. The maximum absolute atomic E-state index is 12.6. The van der Waals surface area contributed by atoms with Crippen LogP contribution in [0.25, 0.3) is 0 Å². The lowest BCUT2D eigenvalue weighted by Gasteiger charge is -2.35. The Kier molecular flexibility index (Phi) is 7.45. The second-order valence-electron chi connectivity index (χ2n) is 6.28. The third kappa shape index (κ3) is 4.75. The topological polar surface area (TPSA) is 58.8 Å². The van der Waals surface area contributed by atoms with Crippen molar-refractivity contribution in [2.45, 2.75) is 13.1 Å². The number of carbonyl (C=O) groups is 1. The summed E-state index contributed by atoms with van der Waals surface area (Å²) in [5.74, 6) is 1.02. The summed E-state index contributed by atoms with van der Waals surface area (Å²) in [5.41, 5.74) is 8.56. The van der Waals surface area contributed by atoms with Gasteiger partial charge >= 0.3 is 0 Å². The van der Waals surface area contributed by atoms with Crippen molar-refractivity contribution in [1.82, 2.24) is 9.80 Å². The van der Waals surface area contributed by atoms with Gasteiger partial charge in [-0.25, -0.2) is 0 Å². The number of hydrogen-bond acceptors (Lipinski definition) is 4. The van der Waals surface area contributed by atoms with Crippen molar-refractivity contribution < 1.29 is 9.53 Å². The lowest BCUT2D eigenvalue weighted by molar-refractivity contribution is 0.0627. The number of methoxy groups -OCH3 is 1. The highest BCUT2D eigenvalue weighted by molar-refractivity contribution is 5.94. The number of hydrogen-bond donors (Lipinski definition) is 1. The summed E-state index contributed by atoms with van der Waals surface area (Å²) in [6.45, 7) is 4.56. The summed E-state index contributed by atoms with van der Waals surface area (Å²) in [4.78, 5) is 16.9. The van der Waals surface area contributed by atoms with Crippen LogP contribution in [0.2, 0.25) is 0 Å². The number of carbonyl (C=O) groups excluding carboxylic acids is 1. The van der Waals surface area contributed by atoms with E-state index in [-0.39, 0.29) is 18.3 Å². The van der Waals surface area contributed by atoms with E-state index in [1.165, 1.54) is 5.56 Å². The Hall–Kier alpha value is -2.08. The van der Waals surface area contributed by atoms with Crippen LogP contribution in [0.1, 0.15) is 21.5 Å².